The first kappa shape index (κ1) is 27.5. The van der Waals surface area contributed by atoms with Gasteiger partial charge < -0.3 is 13.9 Å². The summed E-state index contributed by atoms with van der Waals surface area (Å²) in [5, 5.41) is 7.09. The Labute approximate surface area is 283 Å². The third-order valence-electron chi connectivity index (χ3n) is 9.79. The van der Waals surface area contributed by atoms with Crippen LogP contribution in [-0.2, 0) is 0 Å². The topological polar surface area (TPSA) is 21.3 Å². The molecule has 0 N–H and O–H groups in total. The Hall–Kier alpha value is -6.58. The summed E-state index contributed by atoms with van der Waals surface area (Å²) in [6.07, 6.45) is 0. The van der Waals surface area contributed by atoms with Crippen LogP contribution in [0.2, 0.25) is 0 Å². The van der Waals surface area contributed by atoms with E-state index in [1.165, 1.54) is 32.6 Å². The van der Waals surface area contributed by atoms with Crippen molar-refractivity contribution in [3.8, 4) is 16.8 Å². The summed E-state index contributed by atoms with van der Waals surface area (Å²) in [5.74, 6) is 0. The van der Waals surface area contributed by atoms with Crippen molar-refractivity contribution in [2.24, 2.45) is 0 Å². The van der Waals surface area contributed by atoms with Crippen molar-refractivity contribution in [1.29, 1.82) is 0 Å². The second-order valence-electron chi connectivity index (χ2n) is 12.5. The van der Waals surface area contributed by atoms with Gasteiger partial charge in [-0.25, -0.2) is 0 Å². The summed E-state index contributed by atoms with van der Waals surface area (Å²) in [7, 11) is 0. The standard InChI is InChI=1S/C46H30N2O/c1-2-17-32-31(15-1)16-13-29-39(32)47(42-26-9-5-20-35(42)37-22-14-23-38-36-21-6-12-30-45(36)49-46(37)38)43-27-10-11-28-44(43)48-40-24-7-3-18-33(40)34-19-4-8-25-41(34)48/h1-30H. The van der Waals surface area contributed by atoms with Gasteiger partial charge in [0, 0.05) is 38.1 Å². The zero-order chi connectivity index (χ0) is 32.3. The van der Waals surface area contributed by atoms with E-state index in [1.807, 2.05) is 6.07 Å². The largest absolute Gasteiger partial charge is 0.455 e. The minimum atomic E-state index is 0.893. The molecule has 3 nitrogen and oxygen atoms in total. The Bertz CT molecular complexity index is 2800. The minimum Gasteiger partial charge on any atom is -0.455 e. The van der Waals surface area contributed by atoms with Crippen molar-refractivity contribution < 1.29 is 4.42 Å². The summed E-state index contributed by atoms with van der Waals surface area (Å²) >= 11 is 0. The van der Waals surface area contributed by atoms with Crippen LogP contribution in [0.15, 0.2) is 186 Å². The number of furan rings is 1. The van der Waals surface area contributed by atoms with Crippen molar-refractivity contribution in [1.82, 2.24) is 4.57 Å². The van der Waals surface area contributed by atoms with E-state index >= 15 is 0 Å². The van der Waals surface area contributed by atoms with E-state index in [4.69, 9.17) is 4.42 Å². The second kappa shape index (κ2) is 11.0. The van der Waals surface area contributed by atoms with Crippen LogP contribution in [0.5, 0.6) is 0 Å². The lowest BCUT2D eigenvalue weighted by molar-refractivity contribution is 0.670. The number of anilines is 3. The van der Waals surface area contributed by atoms with E-state index in [1.54, 1.807) is 0 Å². The lowest BCUT2D eigenvalue weighted by atomic mass is 9.98. The zero-order valence-corrected chi connectivity index (χ0v) is 26.6. The fraction of sp³-hybridized carbons (Fsp3) is 0. The van der Waals surface area contributed by atoms with Gasteiger partial charge in [-0.15, -0.1) is 0 Å². The molecule has 230 valence electrons. The molecule has 0 radical (unpaired) electrons. The molecule has 0 saturated heterocycles. The van der Waals surface area contributed by atoms with Gasteiger partial charge in [0.15, 0.2) is 0 Å². The zero-order valence-electron chi connectivity index (χ0n) is 26.6. The second-order valence-corrected chi connectivity index (χ2v) is 12.5. The van der Waals surface area contributed by atoms with Crippen LogP contribution >= 0.6 is 0 Å². The highest BCUT2D eigenvalue weighted by Crippen LogP contribution is 2.48. The predicted molar refractivity (Wildman–Crippen MR) is 206 cm³/mol. The van der Waals surface area contributed by atoms with E-state index in [2.05, 4.69) is 185 Å². The maximum atomic E-state index is 6.61. The summed E-state index contributed by atoms with van der Waals surface area (Å²) < 4.78 is 9.03. The molecule has 0 fully saturated rings. The number of fused-ring (bicyclic) bond motifs is 7. The van der Waals surface area contributed by atoms with Crippen molar-refractivity contribution >= 4 is 71.6 Å². The van der Waals surface area contributed by atoms with Gasteiger partial charge in [-0.05, 0) is 47.9 Å². The van der Waals surface area contributed by atoms with Crippen molar-refractivity contribution in [2.45, 2.75) is 0 Å². The monoisotopic (exact) mass is 626 g/mol. The summed E-state index contributed by atoms with van der Waals surface area (Å²) in [4.78, 5) is 2.44. The number of hydrogen-bond acceptors (Lipinski definition) is 2. The van der Waals surface area contributed by atoms with Crippen LogP contribution in [0, 0.1) is 0 Å². The first-order chi connectivity index (χ1) is 24.3. The average Bonchev–Trinajstić information content (AvgIpc) is 3.72. The third kappa shape index (κ3) is 4.23. The van der Waals surface area contributed by atoms with E-state index in [-0.39, 0.29) is 0 Å². The number of hydrogen-bond donors (Lipinski definition) is 0. The number of benzene rings is 8. The molecule has 3 heteroatoms. The molecule has 0 spiro atoms. The number of aromatic nitrogens is 1. The Morgan fingerprint density at radius 1 is 0.367 bits per heavy atom. The van der Waals surface area contributed by atoms with Crippen LogP contribution < -0.4 is 4.90 Å². The van der Waals surface area contributed by atoms with Gasteiger partial charge in [0.25, 0.3) is 0 Å². The fourth-order valence-electron chi connectivity index (χ4n) is 7.67. The highest BCUT2D eigenvalue weighted by molar-refractivity contribution is 6.13. The number of rotatable bonds is 5. The van der Waals surface area contributed by atoms with Gasteiger partial charge in [0.05, 0.1) is 33.8 Å². The molecule has 49 heavy (non-hydrogen) atoms. The van der Waals surface area contributed by atoms with Crippen molar-refractivity contribution in [2.75, 3.05) is 4.90 Å². The average molecular weight is 627 g/mol. The molecule has 0 aliphatic rings. The fourth-order valence-corrected chi connectivity index (χ4v) is 7.67. The minimum absolute atomic E-state index is 0.893. The van der Waals surface area contributed by atoms with Gasteiger partial charge in [-0.3, -0.25) is 0 Å². The molecule has 2 heterocycles. The molecular weight excluding hydrogens is 597 g/mol. The number of nitrogens with zero attached hydrogens (tertiary/aromatic N) is 2. The molecule has 10 rings (SSSR count). The van der Waals surface area contributed by atoms with Crippen LogP contribution in [-0.4, -0.2) is 4.57 Å². The van der Waals surface area contributed by atoms with Gasteiger partial charge in [-0.2, -0.15) is 0 Å². The first-order valence-corrected chi connectivity index (χ1v) is 16.7. The van der Waals surface area contributed by atoms with Gasteiger partial charge >= 0.3 is 0 Å². The van der Waals surface area contributed by atoms with Crippen molar-refractivity contribution in [3.05, 3.63) is 182 Å². The van der Waals surface area contributed by atoms with E-state index in [0.29, 0.717) is 0 Å². The molecule has 0 atom stereocenters. The molecule has 10 aromatic rings. The predicted octanol–water partition coefficient (Wildman–Crippen LogP) is 13.0. The molecular formula is C46H30N2O. The molecule has 0 bridgehead atoms. The molecule has 0 aliphatic heterocycles. The van der Waals surface area contributed by atoms with Crippen LogP contribution in [0.25, 0.3) is 71.3 Å². The Kier molecular flexibility index (Phi) is 6.18. The van der Waals surface area contributed by atoms with Gasteiger partial charge in [0.1, 0.15) is 11.2 Å². The Morgan fingerprint density at radius 3 is 1.71 bits per heavy atom. The highest BCUT2D eigenvalue weighted by atomic mass is 16.3. The molecule has 0 aliphatic carbocycles. The third-order valence-corrected chi connectivity index (χ3v) is 9.79. The smallest absolute Gasteiger partial charge is 0.143 e. The van der Waals surface area contributed by atoms with E-state index in [9.17, 15) is 0 Å². The summed E-state index contributed by atoms with van der Waals surface area (Å²) in [6.45, 7) is 0. The van der Waals surface area contributed by atoms with Gasteiger partial charge in [-0.1, -0.05) is 140 Å². The van der Waals surface area contributed by atoms with Crippen LogP contribution in [0.1, 0.15) is 0 Å². The maximum absolute atomic E-state index is 6.61. The Balaban J connectivity index is 1.31. The van der Waals surface area contributed by atoms with Crippen LogP contribution in [0.4, 0.5) is 17.1 Å². The normalized spacial score (nSPS) is 11.7. The SMILES string of the molecule is c1ccc(N(c2ccccc2-n2c3ccccc3c3ccccc32)c2cccc3ccccc23)c(-c2cccc3c2oc2ccccc23)c1. The molecule has 0 unspecified atom stereocenters. The molecule has 8 aromatic carbocycles. The van der Waals surface area contributed by atoms with Crippen LogP contribution in [0.3, 0.4) is 0 Å². The lowest BCUT2D eigenvalue weighted by Gasteiger charge is -2.31. The maximum Gasteiger partial charge on any atom is 0.143 e. The van der Waals surface area contributed by atoms with Crippen molar-refractivity contribution in [3.63, 3.8) is 0 Å². The summed E-state index contributed by atoms with van der Waals surface area (Å²) in [5.41, 5.74) is 10.6. The van der Waals surface area contributed by atoms with E-state index < -0.39 is 0 Å². The molecule has 0 amide bonds. The summed E-state index contributed by atoms with van der Waals surface area (Å²) in [6, 6.07) is 65.0. The molecule has 2 aromatic heterocycles. The Morgan fingerprint density at radius 2 is 0.898 bits per heavy atom. The molecule has 0 saturated carbocycles. The quantitative estimate of drug-likeness (QED) is 0.190. The van der Waals surface area contributed by atoms with Gasteiger partial charge in [0.2, 0.25) is 0 Å². The number of para-hydroxylation sites is 7. The van der Waals surface area contributed by atoms with E-state index in [0.717, 1.165) is 55.8 Å². The first-order valence-electron chi connectivity index (χ1n) is 16.7. The highest BCUT2D eigenvalue weighted by Gasteiger charge is 2.24. The lowest BCUT2D eigenvalue weighted by Crippen LogP contribution is -2.14.